The maximum Gasteiger partial charge on any atom is 0.0485 e. The minimum atomic E-state index is 0.0415. The monoisotopic (exact) mass is 270 g/mol. The van der Waals surface area contributed by atoms with E-state index in [0.29, 0.717) is 5.92 Å². The van der Waals surface area contributed by atoms with Crippen molar-refractivity contribution in [2.24, 2.45) is 5.73 Å². The number of thioether (sulfide) groups is 1. The Morgan fingerprint density at radius 2 is 2.11 bits per heavy atom. The van der Waals surface area contributed by atoms with E-state index < -0.39 is 0 Å². The van der Waals surface area contributed by atoms with Crippen molar-refractivity contribution < 1.29 is 0 Å². The van der Waals surface area contributed by atoms with E-state index in [1.165, 1.54) is 21.7 Å². The fourth-order valence-corrected chi connectivity index (χ4v) is 3.61. The fourth-order valence-electron chi connectivity index (χ4n) is 2.95. The Morgan fingerprint density at radius 3 is 2.95 bits per heavy atom. The van der Waals surface area contributed by atoms with Crippen LogP contribution in [0.3, 0.4) is 0 Å². The van der Waals surface area contributed by atoms with Crippen LogP contribution in [0, 0.1) is 0 Å². The lowest BCUT2D eigenvalue weighted by atomic mass is 9.91. The molecular formula is C16H18N2S. The van der Waals surface area contributed by atoms with Gasteiger partial charge in [-0.3, -0.25) is 4.98 Å². The summed E-state index contributed by atoms with van der Waals surface area (Å²) < 4.78 is 0. The van der Waals surface area contributed by atoms with Gasteiger partial charge in [-0.2, -0.15) is 0 Å². The van der Waals surface area contributed by atoms with Crippen LogP contribution in [-0.4, -0.2) is 11.2 Å². The lowest BCUT2D eigenvalue weighted by molar-refractivity contribution is 0.535. The Kier molecular flexibility index (Phi) is 3.58. The summed E-state index contributed by atoms with van der Waals surface area (Å²) in [6.07, 6.45) is 6.19. The maximum absolute atomic E-state index is 6.54. The molecule has 3 rings (SSSR count). The molecule has 0 bridgehead atoms. The predicted molar refractivity (Wildman–Crippen MR) is 80.5 cm³/mol. The quantitative estimate of drug-likeness (QED) is 0.867. The van der Waals surface area contributed by atoms with E-state index in [2.05, 4.69) is 41.6 Å². The molecule has 0 aliphatic heterocycles. The molecule has 98 valence electrons. The zero-order valence-corrected chi connectivity index (χ0v) is 11.9. The van der Waals surface area contributed by atoms with Crippen molar-refractivity contribution >= 4 is 11.8 Å². The van der Waals surface area contributed by atoms with Crippen molar-refractivity contribution in [1.82, 2.24) is 4.98 Å². The maximum atomic E-state index is 6.54. The Bertz CT molecular complexity index is 582. The van der Waals surface area contributed by atoms with Crippen LogP contribution in [0.5, 0.6) is 0 Å². The highest BCUT2D eigenvalue weighted by Crippen LogP contribution is 2.41. The zero-order chi connectivity index (χ0) is 13.2. The third-order valence-electron chi connectivity index (χ3n) is 3.93. The Hall–Kier alpha value is -1.32. The van der Waals surface area contributed by atoms with E-state index >= 15 is 0 Å². The summed E-state index contributed by atoms with van der Waals surface area (Å²) in [5, 5.41) is 0. The normalized spacial score (nSPS) is 19.2. The van der Waals surface area contributed by atoms with Gasteiger partial charge in [0.15, 0.2) is 0 Å². The minimum Gasteiger partial charge on any atom is -0.323 e. The van der Waals surface area contributed by atoms with Gasteiger partial charge >= 0.3 is 0 Å². The van der Waals surface area contributed by atoms with Gasteiger partial charge in [-0.15, -0.1) is 11.8 Å². The molecule has 1 aliphatic rings. The number of hydrogen-bond acceptors (Lipinski definition) is 3. The Balaban J connectivity index is 1.95. The summed E-state index contributed by atoms with van der Waals surface area (Å²) in [7, 11) is 0. The van der Waals surface area contributed by atoms with Crippen molar-refractivity contribution in [3.8, 4) is 0 Å². The topological polar surface area (TPSA) is 38.9 Å². The lowest BCUT2D eigenvalue weighted by Crippen LogP contribution is -2.19. The molecule has 3 heteroatoms. The van der Waals surface area contributed by atoms with Crippen LogP contribution in [-0.2, 0) is 6.42 Å². The third kappa shape index (κ3) is 2.28. The van der Waals surface area contributed by atoms with E-state index in [0.717, 1.165) is 12.8 Å². The number of benzene rings is 1. The van der Waals surface area contributed by atoms with Crippen LogP contribution in [0.4, 0.5) is 0 Å². The molecule has 0 spiro atoms. The second kappa shape index (κ2) is 5.35. The van der Waals surface area contributed by atoms with Crippen LogP contribution >= 0.6 is 11.8 Å². The first-order chi connectivity index (χ1) is 9.31. The van der Waals surface area contributed by atoms with Gasteiger partial charge < -0.3 is 5.73 Å². The highest BCUT2D eigenvalue weighted by atomic mass is 32.2. The van der Waals surface area contributed by atoms with Crippen LogP contribution in [0.2, 0.25) is 0 Å². The summed E-state index contributed by atoms with van der Waals surface area (Å²) in [5.74, 6) is 0.351. The van der Waals surface area contributed by atoms with E-state index in [4.69, 9.17) is 5.73 Å². The van der Waals surface area contributed by atoms with Gasteiger partial charge in [0.2, 0.25) is 0 Å². The molecule has 19 heavy (non-hydrogen) atoms. The summed E-state index contributed by atoms with van der Waals surface area (Å²) in [6, 6.07) is 12.7. The number of hydrogen-bond donors (Lipinski definition) is 1. The first kappa shape index (κ1) is 12.7. The van der Waals surface area contributed by atoms with Gasteiger partial charge in [0, 0.05) is 28.7 Å². The van der Waals surface area contributed by atoms with Gasteiger partial charge in [-0.05, 0) is 42.4 Å². The molecule has 2 unspecified atom stereocenters. The van der Waals surface area contributed by atoms with Gasteiger partial charge in [-0.25, -0.2) is 0 Å². The summed E-state index contributed by atoms with van der Waals surface area (Å²) in [6.45, 7) is 0. The van der Waals surface area contributed by atoms with Crippen LogP contribution < -0.4 is 5.73 Å². The van der Waals surface area contributed by atoms with E-state index in [1.807, 2.05) is 12.3 Å². The number of nitrogens with zero attached hydrogens (tertiary/aromatic N) is 1. The molecule has 0 saturated carbocycles. The largest absolute Gasteiger partial charge is 0.323 e. The summed E-state index contributed by atoms with van der Waals surface area (Å²) in [4.78, 5) is 5.83. The number of aryl methyl sites for hydroxylation is 1. The van der Waals surface area contributed by atoms with Crippen molar-refractivity contribution in [3.63, 3.8) is 0 Å². The average Bonchev–Trinajstić information content (AvgIpc) is 2.90. The van der Waals surface area contributed by atoms with Crippen LogP contribution in [0.25, 0.3) is 0 Å². The van der Waals surface area contributed by atoms with Crippen molar-refractivity contribution in [1.29, 1.82) is 0 Å². The molecule has 1 aliphatic carbocycles. The van der Waals surface area contributed by atoms with Gasteiger partial charge in [0.25, 0.3) is 0 Å². The van der Waals surface area contributed by atoms with E-state index in [1.54, 1.807) is 11.8 Å². The molecule has 0 amide bonds. The fraction of sp³-hybridized carbons (Fsp3) is 0.312. The van der Waals surface area contributed by atoms with Gasteiger partial charge in [0.1, 0.15) is 0 Å². The standard InChI is InChI=1S/C16H18N2S/c1-19-14-7-3-2-6-12(14)15(17)13-9-8-11-5-4-10-18-16(11)13/h2-7,10,13,15H,8-9,17H2,1H3. The average molecular weight is 270 g/mol. The summed E-state index contributed by atoms with van der Waals surface area (Å²) in [5.41, 5.74) is 10.4. The molecule has 0 radical (unpaired) electrons. The molecule has 0 saturated heterocycles. The molecule has 1 heterocycles. The van der Waals surface area contributed by atoms with Crippen LogP contribution in [0.15, 0.2) is 47.5 Å². The first-order valence-corrected chi connectivity index (χ1v) is 7.86. The second-order valence-corrected chi connectivity index (χ2v) is 5.81. The molecular weight excluding hydrogens is 252 g/mol. The summed E-state index contributed by atoms with van der Waals surface area (Å²) >= 11 is 1.76. The number of nitrogens with two attached hydrogens (primary N) is 1. The number of fused-ring (bicyclic) bond motifs is 1. The second-order valence-electron chi connectivity index (χ2n) is 4.96. The van der Waals surface area contributed by atoms with E-state index in [9.17, 15) is 0 Å². The van der Waals surface area contributed by atoms with E-state index in [-0.39, 0.29) is 6.04 Å². The Labute approximate surface area is 118 Å². The molecule has 2 aromatic rings. The third-order valence-corrected chi connectivity index (χ3v) is 4.75. The van der Waals surface area contributed by atoms with Crippen molar-refractivity contribution in [3.05, 3.63) is 59.4 Å². The lowest BCUT2D eigenvalue weighted by Gasteiger charge is -2.22. The molecule has 1 aromatic heterocycles. The highest BCUT2D eigenvalue weighted by Gasteiger charge is 2.30. The van der Waals surface area contributed by atoms with Gasteiger partial charge in [-0.1, -0.05) is 24.3 Å². The molecule has 2 N–H and O–H groups in total. The predicted octanol–water partition coefficient (Wildman–Crippen LogP) is 3.53. The zero-order valence-electron chi connectivity index (χ0n) is 11.0. The van der Waals surface area contributed by atoms with Gasteiger partial charge in [0.05, 0.1) is 0 Å². The van der Waals surface area contributed by atoms with Crippen molar-refractivity contribution in [2.45, 2.75) is 29.7 Å². The first-order valence-electron chi connectivity index (χ1n) is 6.63. The molecule has 2 nitrogen and oxygen atoms in total. The smallest absolute Gasteiger partial charge is 0.0485 e. The van der Waals surface area contributed by atoms with Crippen LogP contribution in [0.1, 0.15) is 35.2 Å². The number of aromatic nitrogens is 1. The van der Waals surface area contributed by atoms with Crippen molar-refractivity contribution in [2.75, 3.05) is 6.26 Å². The number of rotatable bonds is 3. The highest BCUT2D eigenvalue weighted by molar-refractivity contribution is 7.98. The number of pyridine rings is 1. The molecule has 0 fully saturated rings. The molecule has 1 aromatic carbocycles. The molecule has 2 atom stereocenters. The minimum absolute atomic E-state index is 0.0415. The Morgan fingerprint density at radius 1 is 1.26 bits per heavy atom. The SMILES string of the molecule is CSc1ccccc1C(N)C1CCc2cccnc21.